The van der Waals surface area contributed by atoms with Crippen LogP contribution in [0, 0.1) is 0 Å². The summed E-state index contributed by atoms with van der Waals surface area (Å²) in [4.78, 5) is 5.10. The molecule has 0 amide bonds. The van der Waals surface area contributed by atoms with Gasteiger partial charge in [0.15, 0.2) is 6.10 Å². The smallest absolute Gasteiger partial charge is 0.266 e. The monoisotopic (exact) mass is 157 g/mol. The first kappa shape index (κ1) is 7.06. The predicted octanol–water partition coefficient (Wildman–Crippen LogP) is 0.524. The molecule has 4 heteroatoms. The Balaban J connectivity index is 2.20. The van der Waals surface area contributed by atoms with Crippen LogP contribution in [0.1, 0.15) is 13.8 Å². The van der Waals surface area contributed by atoms with Gasteiger partial charge in [-0.05, 0) is 6.92 Å². The van der Waals surface area contributed by atoms with Crippen molar-refractivity contribution in [3.05, 3.63) is 0 Å². The molecular formula is C7H11NO3. The van der Waals surface area contributed by atoms with Crippen molar-refractivity contribution in [1.29, 1.82) is 0 Å². The molecule has 4 nitrogen and oxygen atoms in total. The largest absolute Gasteiger partial charge is 0.363 e. The second kappa shape index (κ2) is 2.19. The van der Waals surface area contributed by atoms with Crippen molar-refractivity contribution in [2.45, 2.75) is 25.7 Å². The first-order chi connectivity index (χ1) is 5.22. The van der Waals surface area contributed by atoms with Gasteiger partial charge in [-0.3, -0.25) is 0 Å². The molecular weight excluding hydrogens is 146 g/mol. The number of ether oxygens (including phenoxy) is 2. The van der Waals surface area contributed by atoms with Crippen LogP contribution in [-0.2, 0) is 14.3 Å². The van der Waals surface area contributed by atoms with E-state index in [1.165, 1.54) is 0 Å². The molecule has 0 aromatic heterocycles. The van der Waals surface area contributed by atoms with Gasteiger partial charge in [0.25, 0.3) is 5.79 Å². The second-order valence-corrected chi connectivity index (χ2v) is 2.94. The van der Waals surface area contributed by atoms with E-state index >= 15 is 0 Å². The topological polar surface area (TPSA) is 40.0 Å². The third kappa shape index (κ3) is 0.937. The van der Waals surface area contributed by atoms with Gasteiger partial charge in [-0.1, -0.05) is 5.16 Å². The molecule has 0 spiro atoms. The van der Waals surface area contributed by atoms with Crippen molar-refractivity contribution in [1.82, 2.24) is 0 Å². The van der Waals surface area contributed by atoms with E-state index in [1.54, 1.807) is 0 Å². The molecule has 0 saturated carbocycles. The highest BCUT2D eigenvalue weighted by molar-refractivity contribution is 5.88. The summed E-state index contributed by atoms with van der Waals surface area (Å²) < 4.78 is 10.8. The third-order valence-corrected chi connectivity index (χ3v) is 1.98. The van der Waals surface area contributed by atoms with Crippen LogP contribution < -0.4 is 0 Å². The quantitative estimate of drug-likeness (QED) is 0.514. The summed E-state index contributed by atoms with van der Waals surface area (Å²) in [6.07, 6.45) is -0.115. The van der Waals surface area contributed by atoms with Crippen molar-refractivity contribution in [2.75, 3.05) is 13.2 Å². The van der Waals surface area contributed by atoms with Crippen molar-refractivity contribution in [2.24, 2.45) is 5.16 Å². The lowest BCUT2D eigenvalue weighted by Gasteiger charge is -2.32. The van der Waals surface area contributed by atoms with Gasteiger partial charge in [-0.25, -0.2) is 0 Å². The summed E-state index contributed by atoms with van der Waals surface area (Å²) in [7, 11) is 0. The van der Waals surface area contributed by atoms with Crippen molar-refractivity contribution < 1.29 is 14.3 Å². The van der Waals surface area contributed by atoms with E-state index in [2.05, 4.69) is 5.16 Å². The maximum Gasteiger partial charge on any atom is 0.266 e. The number of nitrogens with zero attached hydrogens (tertiary/aromatic N) is 1. The van der Waals surface area contributed by atoms with Crippen LogP contribution in [0.4, 0.5) is 0 Å². The van der Waals surface area contributed by atoms with Gasteiger partial charge >= 0.3 is 0 Å². The zero-order valence-electron chi connectivity index (χ0n) is 6.66. The molecule has 0 aliphatic carbocycles. The average Bonchev–Trinajstić information content (AvgIpc) is 2.29. The van der Waals surface area contributed by atoms with Crippen LogP contribution in [0.25, 0.3) is 0 Å². The molecule has 0 bridgehead atoms. The highest BCUT2D eigenvalue weighted by Gasteiger charge is 2.47. The van der Waals surface area contributed by atoms with E-state index in [4.69, 9.17) is 14.3 Å². The molecule has 2 rings (SSSR count). The molecule has 2 aliphatic rings. The molecule has 2 aliphatic heterocycles. The molecule has 2 atom stereocenters. The minimum Gasteiger partial charge on any atom is -0.363 e. The number of rotatable bonds is 0. The molecule has 1 saturated heterocycles. The second-order valence-electron chi connectivity index (χ2n) is 2.94. The van der Waals surface area contributed by atoms with Gasteiger partial charge in [0.2, 0.25) is 0 Å². The molecule has 2 heterocycles. The molecule has 0 radical (unpaired) electrons. The average molecular weight is 157 g/mol. The predicted molar refractivity (Wildman–Crippen MR) is 38.3 cm³/mol. The lowest BCUT2D eigenvalue weighted by atomic mass is 10.1. The zero-order chi connectivity index (χ0) is 7.90. The van der Waals surface area contributed by atoms with Crippen LogP contribution in [0.3, 0.4) is 0 Å². The standard InChI is InChI=1S/C7H11NO3/c1-5-6-7(2,11-8-5)10-4-3-9-6/h6H,3-4H2,1-2H3. The molecule has 62 valence electrons. The van der Waals surface area contributed by atoms with Crippen LogP contribution in [0.2, 0.25) is 0 Å². The Morgan fingerprint density at radius 3 is 3.09 bits per heavy atom. The first-order valence-electron chi connectivity index (χ1n) is 3.70. The third-order valence-electron chi connectivity index (χ3n) is 1.98. The molecule has 0 N–H and O–H groups in total. The summed E-state index contributed by atoms with van der Waals surface area (Å²) in [5.74, 6) is -0.664. The number of fused-ring (bicyclic) bond motifs is 1. The van der Waals surface area contributed by atoms with Crippen LogP contribution in [0.15, 0.2) is 5.16 Å². The van der Waals surface area contributed by atoms with Crippen molar-refractivity contribution in [3.63, 3.8) is 0 Å². The Bertz CT molecular complexity index is 204. The van der Waals surface area contributed by atoms with E-state index in [0.717, 1.165) is 5.71 Å². The van der Waals surface area contributed by atoms with Gasteiger partial charge < -0.3 is 14.3 Å². The van der Waals surface area contributed by atoms with E-state index in [0.29, 0.717) is 13.2 Å². The van der Waals surface area contributed by atoms with Gasteiger partial charge in [0.1, 0.15) is 0 Å². The molecule has 1 fully saturated rings. The van der Waals surface area contributed by atoms with Gasteiger partial charge in [0, 0.05) is 6.92 Å². The number of hydrogen-bond donors (Lipinski definition) is 0. The normalized spacial score (nSPS) is 42.7. The minimum atomic E-state index is -0.664. The SMILES string of the molecule is CC1=NOC2(C)OCCOC12. The highest BCUT2D eigenvalue weighted by Crippen LogP contribution is 2.30. The Kier molecular flexibility index (Phi) is 1.40. The van der Waals surface area contributed by atoms with E-state index < -0.39 is 5.79 Å². The summed E-state index contributed by atoms with van der Waals surface area (Å²) in [5.41, 5.74) is 0.854. The molecule has 0 aromatic rings. The van der Waals surface area contributed by atoms with E-state index in [1.807, 2.05) is 13.8 Å². The molecule has 2 unspecified atom stereocenters. The van der Waals surface area contributed by atoms with Crippen molar-refractivity contribution >= 4 is 5.71 Å². The lowest BCUT2D eigenvalue weighted by molar-refractivity contribution is -0.285. The van der Waals surface area contributed by atoms with Gasteiger partial charge in [0.05, 0.1) is 18.9 Å². The molecule has 0 aromatic carbocycles. The maximum absolute atomic E-state index is 5.44. The van der Waals surface area contributed by atoms with Crippen LogP contribution in [0.5, 0.6) is 0 Å². The summed E-state index contributed by atoms with van der Waals surface area (Å²) in [6.45, 7) is 4.92. The fraction of sp³-hybridized carbons (Fsp3) is 0.857. The fourth-order valence-electron chi connectivity index (χ4n) is 1.42. The van der Waals surface area contributed by atoms with E-state index in [-0.39, 0.29) is 6.10 Å². The Morgan fingerprint density at radius 1 is 1.55 bits per heavy atom. The van der Waals surface area contributed by atoms with Crippen LogP contribution >= 0.6 is 0 Å². The minimum absolute atomic E-state index is 0.115. The Labute approximate surface area is 65.1 Å². The Hall–Kier alpha value is -0.610. The van der Waals surface area contributed by atoms with E-state index in [9.17, 15) is 0 Å². The molecule has 11 heavy (non-hydrogen) atoms. The lowest BCUT2D eigenvalue weighted by Crippen LogP contribution is -2.49. The maximum atomic E-state index is 5.44. The zero-order valence-corrected chi connectivity index (χ0v) is 6.66. The van der Waals surface area contributed by atoms with Crippen LogP contribution in [-0.4, -0.2) is 30.8 Å². The number of hydrogen-bond acceptors (Lipinski definition) is 4. The Morgan fingerprint density at radius 2 is 2.36 bits per heavy atom. The van der Waals surface area contributed by atoms with Crippen molar-refractivity contribution in [3.8, 4) is 0 Å². The van der Waals surface area contributed by atoms with Gasteiger partial charge in [-0.2, -0.15) is 0 Å². The summed E-state index contributed by atoms with van der Waals surface area (Å²) >= 11 is 0. The highest BCUT2D eigenvalue weighted by atomic mass is 16.8. The van der Waals surface area contributed by atoms with Gasteiger partial charge in [-0.15, -0.1) is 0 Å². The number of oxime groups is 1. The fourth-order valence-corrected chi connectivity index (χ4v) is 1.42. The first-order valence-corrected chi connectivity index (χ1v) is 3.70. The summed E-state index contributed by atoms with van der Waals surface area (Å²) in [6, 6.07) is 0. The summed E-state index contributed by atoms with van der Waals surface area (Å²) in [5, 5.41) is 3.82.